The van der Waals surface area contributed by atoms with Gasteiger partial charge in [0.25, 0.3) is 0 Å². The van der Waals surface area contributed by atoms with Crippen molar-refractivity contribution in [3.8, 4) is 11.5 Å². The van der Waals surface area contributed by atoms with Crippen LogP contribution < -0.4 is 10.5 Å². The molecule has 0 unspecified atom stereocenters. The van der Waals surface area contributed by atoms with Crippen LogP contribution >= 0.6 is 0 Å². The Morgan fingerprint density at radius 2 is 2.19 bits per heavy atom. The van der Waals surface area contributed by atoms with E-state index in [1.807, 2.05) is 0 Å². The molecule has 0 saturated carbocycles. The SMILES string of the molecule is CCCCOc1ccc(O)c([C@@H](N)CO)c1. The second kappa shape index (κ2) is 6.35. The zero-order valence-electron chi connectivity index (χ0n) is 9.52. The zero-order chi connectivity index (χ0) is 12.0. The Hall–Kier alpha value is -1.26. The number of ether oxygens (including phenoxy) is 1. The van der Waals surface area contributed by atoms with E-state index in [-0.39, 0.29) is 12.4 Å². The van der Waals surface area contributed by atoms with Crippen LogP contribution in [0.15, 0.2) is 18.2 Å². The highest BCUT2D eigenvalue weighted by Crippen LogP contribution is 2.27. The molecule has 0 heterocycles. The quantitative estimate of drug-likeness (QED) is 0.642. The topological polar surface area (TPSA) is 75.7 Å². The molecule has 1 aromatic carbocycles. The van der Waals surface area contributed by atoms with Gasteiger partial charge in [-0.25, -0.2) is 0 Å². The first-order valence-electron chi connectivity index (χ1n) is 5.51. The van der Waals surface area contributed by atoms with Gasteiger partial charge in [-0.1, -0.05) is 13.3 Å². The van der Waals surface area contributed by atoms with E-state index in [9.17, 15) is 5.11 Å². The summed E-state index contributed by atoms with van der Waals surface area (Å²) in [6, 6.07) is 4.33. The van der Waals surface area contributed by atoms with Crippen molar-refractivity contribution >= 4 is 0 Å². The van der Waals surface area contributed by atoms with Crippen molar-refractivity contribution < 1.29 is 14.9 Å². The number of hydrogen-bond donors (Lipinski definition) is 3. The lowest BCUT2D eigenvalue weighted by Gasteiger charge is -2.13. The van der Waals surface area contributed by atoms with Crippen LogP contribution in [0.3, 0.4) is 0 Å². The van der Waals surface area contributed by atoms with E-state index < -0.39 is 6.04 Å². The maximum absolute atomic E-state index is 9.56. The van der Waals surface area contributed by atoms with E-state index >= 15 is 0 Å². The van der Waals surface area contributed by atoms with Gasteiger partial charge in [-0.2, -0.15) is 0 Å². The second-order valence-electron chi connectivity index (χ2n) is 3.71. The second-order valence-corrected chi connectivity index (χ2v) is 3.71. The van der Waals surface area contributed by atoms with Gasteiger partial charge >= 0.3 is 0 Å². The van der Waals surface area contributed by atoms with Crippen LogP contribution in [0.25, 0.3) is 0 Å². The van der Waals surface area contributed by atoms with E-state index in [0.29, 0.717) is 17.9 Å². The summed E-state index contributed by atoms with van der Waals surface area (Å²) in [4.78, 5) is 0. The summed E-state index contributed by atoms with van der Waals surface area (Å²) >= 11 is 0. The highest BCUT2D eigenvalue weighted by Gasteiger charge is 2.10. The van der Waals surface area contributed by atoms with Crippen molar-refractivity contribution in [2.45, 2.75) is 25.8 Å². The van der Waals surface area contributed by atoms with Gasteiger partial charge in [0.2, 0.25) is 0 Å². The van der Waals surface area contributed by atoms with Gasteiger partial charge in [-0.05, 0) is 24.6 Å². The van der Waals surface area contributed by atoms with E-state index in [0.717, 1.165) is 12.8 Å². The van der Waals surface area contributed by atoms with Gasteiger partial charge in [-0.15, -0.1) is 0 Å². The van der Waals surface area contributed by atoms with Gasteiger partial charge in [0, 0.05) is 5.56 Å². The Morgan fingerprint density at radius 3 is 2.81 bits per heavy atom. The van der Waals surface area contributed by atoms with Crippen molar-refractivity contribution in [3.63, 3.8) is 0 Å². The maximum Gasteiger partial charge on any atom is 0.120 e. The number of phenols is 1. The van der Waals surface area contributed by atoms with Crippen LogP contribution in [0, 0.1) is 0 Å². The fourth-order valence-electron chi connectivity index (χ4n) is 1.35. The Kier molecular flexibility index (Phi) is 5.08. The molecule has 4 N–H and O–H groups in total. The lowest BCUT2D eigenvalue weighted by atomic mass is 10.1. The molecule has 0 aliphatic carbocycles. The molecule has 0 aromatic heterocycles. The summed E-state index contributed by atoms with van der Waals surface area (Å²) in [5.41, 5.74) is 6.16. The number of rotatable bonds is 6. The average molecular weight is 225 g/mol. The molecule has 0 amide bonds. The first-order chi connectivity index (χ1) is 7.69. The smallest absolute Gasteiger partial charge is 0.120 e. The predicted molar refractivity (Wildman–Crippen MR) is 62.5 cm³/mol. The number of nitrogens with two attached hydrogens (primary N) is 1. The summed E-state index contributed by atoms with van der Waals surface area (Å²) in [5.74, 6) is 0.759. The van der Waals surface area contributed by atoms with Crippen LogP contribution in [0.1, 0.15) is 31.4 Å². The highest BCUT2D eigenvalue weighted by molar-refractivity contribution is 5.41. The van der Waals surface area contributed by atoms with Gasteiger partial charge in [0.05, 0.1) is 19.3 Å². The Bertz CT molecular complexity index is 328. The molecule has 4 heteroatoms. The van der Waals surface area contributed by atoms with Crippen LogP contribution in [-0.2, 0) is 0 Å². The normalized spacial score (nSPS) is 12.4. The zero-order valence-corrected chi connectivity index (χ0v) is 9.52. The number of unbranched alkanes of at least 4 members (excludes halogenated alkanes) is 1. The minimum absolute atomic E-state index is 0.0874. The summed E-state index contributed by atoms with van der Waals surface area (Å²) in [5, 5.41) is 18.5. The molecule has 0 aliphatic heterocycles. The van der Waals surface area contributed by atoms with E-state index in [1.54, 1.807) is 12.1 Å². The lowest BCUT2D eigenvalue weighted by Crippen LogP contribution is -2.14. The first kappa shape index (κ1) is 12.8. The summed E-state index contributed by atoms with van der Waals surface area (Å²) < 4.78 is 5.49. The molecule has 1 aromatic rings. The van der Waals surface area contributed by atoms with Crippen molar-refractivity contribution in [1.29, 1.82) is 0 Å². The molecule has 0 spiro atoms. The molecule has 0 fully saturated rings. The maximum atomic E-state index is 9.56. The summed E-state index contributed by atoms with van der Waals surface area (Å²) in [6.07, 6.45) is 2.06. The van der Waals surface area contributed by atoms with Crippen molar-refractivity contribution in [3.05, 3.63) is 23.8 Å². The average Bonchev–Trinajstić information content (AvgIpc) is 2.30. The largest absolute Gasteiger partial charge is 0.508 e. The Balaban J connectivity index is 2.73. The number of phenolic OH excluding ortho intramolecular Hbond substituents is 1. The number of hydrogen-bond acceptors (Lipinski definition) is 4. The molecule has 0 radical (unpaired) electrons. The number of benzene rings is 1. The first-order valence-corrected chi connectivity index (χ1v) is 5.51. The van der Waals surface area contributed by atoms with Crippen LogP contribution in [-0.4, -0.2) is 23.4 Å². The van der Waals surface area contributed by atoms with E-state index in [1.165, 1.54) is 6.07 Å². The highest BCUT2D eigenvalue weighted by atomic mass is 16.5. The van der Waals surface area contributed by atoms with Gasteiger partial charge < -0.3 is 20.7 Å². The lowest BCUT2D eigenvalue weighted by molar-refractivity contribution is 0.264. The predicted octanol–water partition coefficient (Wildman–Crippen LogP) is 1.56. The van der Waals surface area contributed by atoms with E-state index in [4.69, 9.17) is 15.6 Å². The molecular weight excluding hydrogens is 206 g/mol. The minimum atomic E-state index is -0.574. The number of aromatic hydroxyl groups is 1. The Morgan fingerprint density at radius 1 is 1.44 bits per heavy atom. The fourth-order valence-corrected chi connectivity index (χ4v) is 1.35. The van der Waals surface area contributed by atoms with Gasteiger partial charge in [0.1, 0.15) is 11.5 Å². The number of aliphatic hydroxyl groups excluding tert-OH is 1. The molecule has 4 nitrogen and oxygen atoms in total. The van der Waals surface area contributed by atoms with Crippen LogP contribution in [0.4, 0.5) is 0 Å². The van der Waals surface area contributed by atoms with E-state index in [2.05, 4.69) is 6.92 Å². The minimum Gasteiger partial charge on any atom is -0.508 e. The molecule has 0 aliphatic rings. The molecule has 0 bridgehead atoms. The van der Waals surface area contributed by atoms with Crippen molar-refractivity contribution in [2.24, 2.45) is 5.73 Å². The fraction of sp³-hybridized carbons (Fsp3) is 0.500. The molecule has 1 atom stereocenters. The molecule has 90 valence electrons. The van der Waals surface area contributed by atoms with Gasteiger partial charge in [0.15, 0.2) is 0 Å². The Labute approximate surface area is 95.7 Å². The third-order valence-electron chi connectivity index (χ3n) is 2.36. The monoisotopic (exact) mass is 225 g/mol. The third kappa shape index (κ3) is 3.40. The molecular formula is C12H19NO3. The molecule has 0 saturated heterocycles. The van der Waals surface area contributed by atoms with Crippen LogP contribution in [0.5, 0.6) is 11.5 Å². The third-order valence-corrected chi connectivity index (χ3v) is 2.36. The molecule has 16 heavy (non-hydrogen) atoms. The number of aliphatic hydroxyl groups is 1. The van der Waals surface area contributed by atoms with Crippen molar-refractivity contribution in [1.82, 2.24) is 0 Å². The summed E-state index contributed by atoms with van der Waals surface area (Å²) in [7, 11) is 0. The van der Waals surface area contributed by atoms with Crippen LogP contribution in [0.2, 0.25) is 0 Å². The summed E-state index contributed by atoms with van der Waals surface area (Å²) in [6.45, 7) is 2.54. The van der Waals surface area contributed by atoms with Gasteiger partial charge in [-0.3, -0.25) is 0 Å². The standard InChI is InChI=1S/C12H19NO3/c1-2-3-6-16-9-4-5-12(15)10(7-9)11(13)8-14/h4-5,7,11,14-15H,2-3,6,8,13H2,1H3/t11-/m0/s1. The van der Waals surface area contributed by atoms with Crippen molar-refractivity contribution in [2.75, 3.05) is 13.2 Å². The molecule has 1 rings (SSSR count).